The van der Waals surface area contributed by atoms with Crippen molar-refractivity contribution in [3.8, 4) is 0 Å². The van der Waals surface area contributed by atoms with E-state index >= 15 is 0 Å². The first-order chi connectivity index (χ1) is 5.08. The lowest BCUT2D eigenvalue weighted by Gasteiger charge is -2.30. The Bertz CT molecular complexity index is 206. The number of likely N-dealkylation sites (N-methyl/N-ethyl adjacent to an activating group) is 1. The summed E-state index contributed by atoms with van der Waals surface area (Å²) in [6.07, 6.45) is 6.05. The Kier molecular flexibility index (Phi) is 2.40. The molecule has 0 saturated carbocycles. The van der Waals surface area contributed by atoms with E-state index in [1.807, 2.05) is 19.2 Å². The van der Waals surface area contributed by atoms with Crippen molar-refractivity contribution >= 4 is 15.9 Å². The van der Waals surface area contributed by atoms with E-state index < -0.39 is 0 Å². The molecule has 0 bridgehead atoms. The predicted octanol–water partition coefficient (Wildman–Crippen LogP) is 1.14. The van der Waals surface area contributed by atoms with E-state index in [1.54, 1.807) is 0 Å². The van der Waals surface area contributed by atoms with Gasteiger partial charge in [0.05, 0.1) is 10.4 Å². The minimum atomic E-state index is -0.111. The van der Waals surface area contributed by atoms with Gasteiger partial charge < -0.3 is 11.1 Å². The average Bonchev–Trinajstić information content (AvgIpc) is 1.95. The van der Waals surface area contributed by atoms with Gasteiger partial charge in [-0.2, -0.15) is 0 Å². The number of alkyl halides is 1. The molecule has 62 valence electrons. The molecule has 0 aromatic heterocycles. The van der Waals surface area contributed by atoms with Crippen molar-refractivity contribution in [3.05, 3.63) is 23.9 Å². The van der Waals surface area contributed by atoms with Crippen molar-refractivity contribution in [2.45, 2.75) is 17.3 Å². The van der Waals surface area contributed by atoms with Crippen LogP contribution in [0.5, 0.6) is 0 Å². The lowest BCUT2D eigenvalue weighted by atomic mass is 9.95. The smallest absolute Gasteiger partial charge is 0.0632 e. The number of rotatable bonds is 1. The van der Waals surface area contributed by atoms with Gasteiger partial charge in [-0.05, 0) is 13.0 Å². The zero-order valence-electron chi connectivity index (χ0n) is 6.76. The van der Waals surface area contributed by atoms with E-state index in [2.05, 4.69) is 34.2 Å². The second-order valence-electron chi connectivity index (χ2n) is 2.86. The second-order valence-corrected chi connectivity index (χ2v) is 4.57. The summed E-state index contributed by atoms with van der Waals surface area (Å²) in [5, 5.41) is 3.06. The summed E-state index contributed by atoms with van der Waals surface area (Å²) >= 11 is 3.55. The zero-order chi connectivity index (χ0) is 8.48. The number of nitrogens with one attached hydrogen (secondary N) is 1. The van der Waals surface area contributed by atoms with E-state index in [0.717, 1.165) is 5.70 Å². The molecule has 3 N–H and O–H groups in total. The van der Waals surface area contributed by atoms with Crippen molar-refractivity contribution in [2.75, 3.05) is 7.05 Å². The highest BCUT2D eigenvalue weighted by molar-refractivity contribution is 9.10. The van der Waals surface area contributed by atoms with E-state index in [1.165, 1.54) is 0 Å². The molecule has 2 atom stereocenters. The number of halogens is 1. The minimum Gasteiger partial charge on any atom is -0.390 e. The zero-order valence-corrected chi connectivity index (χ0v) is 8.35. The second kappa shape index (κ2) is 2.99. The highest BCUT2D eigenvalue weighted by Crippen LogP contribution is 2.28. The molecule has 0 aliphatic heterocycles. The summed E-state index contributed by atoms with van der Waals surface area (Å²) in [6.45, 7) is 2.05. The molecule has 0 heterocycles. The number of hydrogen-bond donors (Lipinski definition) is 2. The normalized spacial score (nSPS) is 36.7. The lowest BCUT2D eigenvalue weighted by Crippen LogP contribution is -2.45. The van der Waals surface area contributed by atoms with Crippen molar-refractivity contribution in [1.29, 1.82) is 0 Å². The molecule has 0 fully saturated rings. The van der Waals surface area contributed by atoms with Gasteiger partial charge in [-0.3, -0.25) is 0 Å². The van der Waals surface area contributed by atoms with Gasteiger partial charge in [0.15, 0.2) is 0 Å². The standard InChI is InChI=1S/C8H13BrN2/c1-8(9)5-3-4-6(11-2)7(8)10/h3-5,7,11H,10H2,1-2H3. The molecule has 0 aromatic carbocycles. The van der Waals surface area contributed by atoms with Crippen LogP contribution in [0.15, 0.2) is 23.9 Å². The number of allylic oxidation sites excluding steroid dienone is 2. The SMILES string of the molecule is CNC1=CC=CC(C)(Br)C1N. The molecular weight excluding hydrogens is 204 g/mol. The molecule has 1 aliphatic rings. The van der Waals surface area contributed by atoms with Crippen LogP contribution in [0.25, 0.3) is 0 Å². The third kappa shape index (κ3) is 1.65. The van der Waals surface area contributed by atoms with Crippen molar-refractivity contribution in [1.82, 2.24) is 5.32 Å². The van der Waals surface area contributed by atoms with Crippen molar-refractivity contribution in [3.63, 3.8) is 0 Å². The Labute approximate surface area is 75.7 Å². The van der Waals surface area contributed by atoms with Gasteiger partial charge in [-0.25, -0.2) is 0 Å². The fraction of sp³-hybridized carbons (Fsp3) is 0.500. The van der Waals surface area contributed by atoms with E-state index in [-0.39, 0.29) is 10.4 Å². The van der Waals surface area contributed by atoms with E-state index in [4.69, 9.17) is 5.73 Å². The Balaban J connectivity index is 2.86. The summed E-state index contributed by atoms with van der Waals surface area (Å²) in [5.74, 6) is 0. The molecular formula is C8H13BrN2. The van der Waals surface area contributed by atoms with Crippen LogP contribution in [-0.4, -0.2) is 17.4 Å². The van der Waals surface area contributed by atoms with Gasteiger partial charge in [-0.1, -0.05) is 28.1 Å². The first kappa shape index (κ1) is 8.81. The monoisotopic (exact) mass is 216 g/mol. The predicted molar refractivity (Wildman–Crippen MR) is 51.6 cm³/mol. The fourth-order valence-corrected chi connectivity index (χ4v) is 1.49. The molecule has 11 heavy (non-hydrogen) atoms. The number of hydrogen-bond acceptors (Lipinski definition) is 2. The summed E-state index contributed by atoms with van der Waals surface area (Å²) < 4.78 is -0.111. The maximum absolute atomic E-state index is 5.94. The molecule has 2 nitrogen and oxygen atoms in total. The van der Waals surface area contributed by atoms with Crippen LogP contribution in [0, 0.1) is 0 Å². The minimum absolute atomic E-state index is 0.0116. The summed E-state index contributed by atoms with van der Waals surface area (Å²) in [4.78, 5) is 0. The van der Waals surface area contributed by atoms with E-state index in [9.17, 15) is 0 Å². The molecule has 0 aromatic rings. The van der Waals surface area contributed by atoms with Crippen molar-refractivity contribution in [2.24, 2.45) is 5.73 Å². The largest absolute Gasteiger partial charge is 0.390 e. The maximum atomic E-state index is 5.94. The van der Waals surface area contributed by atoms with E-state index in [0.29, 0.717) is 0 Å². The van der Waals surface area contributed by atoms with Gasteiger partial charge in [0.25, 0.3) is 0 Å². The van der Waals surface area contributed by atoms with Gasteiger partial charge in [0.2, 0.25) is 0 Å². The summed E-state index contributed by atoms with van der Waals surface area (Å²) in [7, 11) is 1.88. The van der Waals surface area contributed by atoms with Crippen LogP contribution in [-0.2, 0) is 0 Å². The summed E-state index contributed by atoms with van der Waals surface area (Å²) in [6, 6.07) is 0.0116. The van der Waals surface area contributed by atoms with Gasteiger partial charge in [-0.15, -0.1) is 0 Å². The average molecular weight is 217 g/mol. The van der Waals surface area contributed by atoms with Crippen LogP contribution in [0.1, 0.15) is 6.92 Å². The molecule has 1 rings (SSSR count). The topological polar surface area (TPSA) is 38.0 Å². The Morgan fingerprint density at radius 1 is 1.73 bits per heavy atom. The molecule has 1 aliphatic carbocycles. The third-order valence-electron chi connectivity index (χ3n) is 1.93. The van der Waals surface area contributed by atoms with Gasteiger partial charge in [0.1, 0.15) is 0 Å². The highest BCUT2D eigenvalue weighted by atomic mass is 79.9. The number of nitrogens with two attached hydrogens (primary N) is 1. The first-order valence-electron chi connectivity index (χ1n) is 3.59. The quantitative estimate of drug-likeness (QED) is 0.646. The van der Waals surface area contributed by atoms with Crippen LogP contribution in [0.4, 0.5) is 0 Å². The lowest BCUT2D eigenvalue weighted by molar-refractivity contribution is 0.619. The summed E-state index contributed by atoms with van der Waals surface area (Å²) in [5.41, 5.74) is 7.00. The van der Waals surface area contributed by atoms with Gasteiger partial charge >= 0.3 is 0 Å². The third-order valence-corrected chi connectivity index (χ3v) is 2.69. The first-order valence-corrected chi connectivity index (χ1v) is 4.39. The van der Waals surface area contributed by atoms with Crippen molar-refractivity contribution < 1.29 is 0 Å². The van der Waals surface area contributed by atoms with Crippen LogP contribution in [0.3, 0.4) is 0 Å². The van der Waals surface area contributed by atoms with Crippen LogP contribution < -0.4 is 11.1 Å². The molecule has 0 radical (unpaired) electrons. The molecule has 3 heteroatoms. The molecule has 0 amide bonds. The Morgan fingerprint density at radius 2 is 2.36 bits per heavy atom. The maximum Gasteiger partial charge on any atom is 0.0632 e. The van der Waals surface area contributed by atoms with Crippen LogP contribution >= 0.6 is 15.9 Å². The van der Waals surface area contributed by atoms with Gasteiger partial charge in [0, 0.05) is 12.7 Å². The van der Waals surface area contributed by atoms with Crippen LogP contribution in [0.2, 0.25) is 0 Å². The molecule has 2 unspecified atom stereocenters. The molecule has 0 saturated heterocycles. The Hall–Kier alpha value is -0.280. The fourth-order valence-electron chi connectivity index (χ4n) is 1.09. The highest BCUT2D eigenvalue weighted by Gasteiger charge is 2.29. The molecule has 0 spiro atoms. The Morgan fingerprint density at radius 3 is 2.82 bits per heavy atom.